The molecule has 0 bridgehead atoms. The fourth-order valence-corrected chi connectivity index (χ4v) is 4.48. The third-order valence-electron chi connectivity index (χ3n) is 2.76. The first-order valence-electron chi connectivity index (χ1n) is 5.32. The van der Waals surface area contributed by atoms with Crippen LogP contribution in [-0.4, -0.2) is 18.1 Å². The summed E-state index contributed by atoms with van der Waals surface area (Å²) in [5, 5.41) is 3.63. The molecule has 2 heterocycles. The molecule has 2 atom stereocenters. The van der Waals surface area contributed by atoms with Crippen LogP contribution in [0.5, 0.6) is 0 Å². The van der Waals surface area contributed by atoms with Crippen LogP contribution in [0, 0.1) is 5.92 Å². The zero-order valence-corrected chi connectivity index (χ0v) is 12.1. The molecule has 1 aliphatic heterocycles. The van der Waals surface area contributed by atoms with E-state index in [-0.39, 0.29) is 0 Å². The van der Waals surface area contributed by atoms with E-state index in [0.29, 0.717) is 6.04 Å². The average Bonchev–Trinajstić information content (AvgIpc) is 2.84. The lowest BCUT2D eigenvalue weighted by Crippen LogP contribution is -2.25. The molecule has 0 aliphatic carbocycles. The topological polar surface area (TPSA) is 12.0 Å². The Labute approximate surface area is 108 Å². The zero-order chi connectivity index (χ0) is 10.7. The van der Waals surface area contributed by atoms with Gasteiger partial charge in [0.1, 0.15) is 0 Å². The van der Waals surface area contributed by atoms with Gasteiger partial charge in [0.2, 0.25) is 0 Å². The van der Waals surface area contributed by atoms with E-state index in [1.165, 1.54) is 33.1 Å². The van der Waals surface area contributed by atoms with Crippen LogP contribution in [0.2, 0.25) is 0 Å². The van der Waals surface area contributed by atoms with Gasteiger partial charge >= 0.3 is 0 Å². The van der Waals surface area contributed by atoms with E-state index < -0.39 is 0 Å². The van der Waals surface area contributed by atoms with Crippen molar-refractivity contribution in [3.05, 3.63) is 20.8 Å². The Morgan fingerprint density at radius 2 is 2.47 bits per heavy atom. The van der Waals surface area contributed by atoms with Crippen LogP contribution in [0.1, 0.15) is 24.3 Å². The monoisotopic (exact) mass is 305 g/mol. The van der Waals surface area contributed by atoms with Crippen molar-refractivity contribution in [3.8, 4) is 0 Å². The summed E-state index contributed by atoms with van der Waals surface area (Å²) in [6.07, 6.45) is 1.39. The van der Waals surface area contributed by atoms with Crippen LogP contribution in [-0.2, 0) is 0 Å². The van der Waals surface area contributed by atoms with Crippen LogP contribution in [0.15, 0.2) is 15.9 Å². The van der Waals surface area contributed by atoms with Crippen molar-refractivity contribution in [2.24, 2.45) is 5.92 Å². The first kappa shape index (κ1) is 12.0. The molecule has 1 nitrogen and oxygen atoms in total. The van der Waals surface area contributed by atoms with E-state index in [4.69, 9.17) is 0 Å². The predicted molar refractivity (Wildman–Crippen MR) is 73.9 cm³/mol. The fraction of sp³-hybridized carbons (Fsp3) is 0.636. The summed E-state index contributed by atoms with van der Waals surface area (Å²) >= 11 is 7.42. The van der Waals surface area contributed by atoms with Crippen molar-refractivity contribution in [2.75, 3.05) is 18.1 Å². The Hall–Kier alpha value is 0.490. The minimum absolute atomic E-state index is 0.492. The van der Waals surface area contributed by atoms with Crippen LogP contribution in [0.3, 0.4) is 0 Å². The largest absolute Gasteiger partial charge is 0.309 e. The number of rotatable bonds is 4. The van der Waals surface area contributed by atoms with Gasteiger partial charge in [-0.25, -0.2) is 0 Å². The molecule has 15 heavy (non-hydrogen) atoms. The lowest BCUT2D eigenvalue weighted by atomic mass is 10.1. The molecule has 0 spiro atoms. The van der Waals surface area contributed by atoms with Gasteiger partial charge in [0, 0.05) is 10.9 Å². The van der Waals surface area contributed by atoms with E-state index in [1.54, 1.807) is 0 Å². The van der Waals surface area contributed by atoms with Gasteiger partial charge in [0.25, 0.3) is 0 Å². The number of hydrogen-bond acceptors (Lipinski definition) is 3. The molecule has 2 rings (SSSR count). The van der Waals surface area contributed by atoms with Gasteiger partial charge in [0.15, 0.2) is 0 Å². The molecule has 1 aliphatic rings. The Morgan fingerprint density at radius 3 is 3.07 bits per heavy atom. The molecule has 1 aromatic heterocycles. The van der Waals surface area contributed by atoms with Crippen LogP contribution in [0.25, 0.3) is 0 Å². The van der Waals surface area contributed by atoms with Gasteiger partial charge in [-0.3, -0.25) is 0 Å². The van der Waals surface area contributed by atoms with E-state index in [0.717, 1.165) is 5.92 Å². The Morgan fingerprint density at radius 1 is 1.60 bits per heavy atom. The second-order valence-corrected chi connectivity index (χ2v) is 7.65. The smallest absolute Gasteiger partial charge is 0.0701 e. The van der Waals surface area contributed by atoms with Crippen molar-refractivity contribution in [1.82, 2.24) is 5.32 Å². The second-order valence-electron chi connectivity index (χ2n) is 4.00. The maximum absolute atomic E-state index is 3.63. The summed E-state index contributed by atoms with van der Waals surface area (Å²) in [6.45, 7) is 3.42. The van der Waals surface area contributed by atoms with Crippen molar-refractivity contribution < 1.29 is 0 Å². The van der Waals surface area contributed by atoms with Gasteiger partial charge < -0.3 is 5.32 Å². The zero-order valence-electron chi connectivity index (χ0n) is 8.83. The highest BCUT2D eigenvalue weighted by atomic mass is 79.9. The average molecular weight is 306 g/mol. The third kappa shape index (κ3) is 3.48. The Bertz CT molecular complexity index is 307. The summed E-state index contributed by atoms with van der Waals surface area (Å²) in [7, 11) is 0. The minimum atomic E-state index is 0.492. The van der Waals surface area contributed by atoms with Crippen LogP contribution < -0.4 is 5.32 Å². The molecule has 0 amide bonds. The van der Waals surface area contributed by atoms with Crippen molar-refractivity contribution in [1.29, 1.82) is 0 Å². The first-order valence-corrected chi connectivity index (χ1v) is 8.08. The lowest BCUT2D eigenvalue weighted by molar-refractivity contribution is 0.481. The van der Waals surface area contributed by atoms with E-state index in [2.05, 4.69) is 52.1 Å². The Kier molecular flexibility index (Phi) is 4.55. The third-order valence-corrected chi connectivity index (χ3v) is 5.80. The molecule has 2 unspecified atom stereocenters. The number of halogens is 1. The Balaban J connectivity index is 1.79. The summed E-state index contributed by atoms with van der Waals surface area (Å²) in [4.78, 5) is 1.42. The van der Waals surface area contributed by atoms with E-state index in [1.807, 2.05) is 11.3 Å². The molecule has 0 aromatic carbocycles. The first-order chi connectivity index (χ1) is 7.25. The highest BCUT2D eigenvalue weighted by Crippen LogP contribution is 2.28. The fourth-order valence-electron chi connectivity index (χ4n) is 1.75. The molecule has 1 N–H and O–H groups in total. The maximum Gasteiger partial charge on any atom is 0.0701 e. The normalized spacial score (nSPS) is 23.2. The minimum Gasteiger partial charge on any atom is -0.309 e. The quantitative estimate of drug-likeness (QED) is 0.905. The molecule has 0 saturated carbocycles. The van der Waals surface area contributed by atoms with Crippen LogP contribution >= 0.6 is 39.0 Å². The maximum atomic E-state index is 3.63. The summed E-state index contributed by atoms with van der Waals surface area (Å²) in [5.74, 6) is 3.58. The summed E-state index contributed by atoms with van der Waals surface area (Å²) in [5.41, 5.74) is 0. The SMILES string of the molecule is CC(NCC1CCSC1)c1ccc(Br)s1. The molecule has 84 valence electrons. The second kappa shape index (κ2) is 5.71. The van der Waals surface area contributed by atoms with E-state index in [9.17, 15) is 0 Å². The molecule has 1 saturated heterocycles. The highest BCUT2D eigenvalue weighted by Gasteiger charge is 2.16. The van der Waals surface area contributed by atoms with Crippen molar-refractivity contribution >= 4 is 39.0 Å². The summed E-state index contributed by atoms with van der Waals surface area (Å²) < 4.78 is 1.22. The molecular formula is C11H16BrNS2. The molecular weight excluding hydrogens is 290 g/mol. The molecule has 1 fully saturated rings. The van der Waals surface area contributed by atoms with Crippen molar-refractivity contribution in [3.63, 3.8) is 0 Å². The number of hydrogen-bond donors (Lipinski definition) is 1. The van der Waals surface area contributed by atoms with Crippen molar-refractivity contribution in [2.45, 2.75) is 19.4 Å². The lowest BCUT2D eigenvalue weighted by Gasteiger charge is -2.15. The standard InChI is InChI=1S/C11H16BrNS2/c1-8(10-2-3-11(12)15-10)13-6-9-4-5-14-7-9/h2-3,8-9,13H,4-7H2,1H3. The predicted octanol–water partition coefficient (Wildman–Crippen LogP) is 3.91. The van der Waals surface area contributed by atoms with Gasteiger partial charge in [-0.1, -0.05) is 0 Å². The van der Waals surface area contributed by atoms with E-state index >= 15 is 0 Å². The number of thiophene rings is 1. The van der Waals surface area contributed by atoms with Gasteiger partial charge in [0.05, 0.1) is 3.79 Å². The van der Waals surface area contributed by atoms with Gasteiger partial charge in [-0.15, -0.1) is 11.3 Å². The molecule has 1 aromatic rings. The molecule has 4 heteroatoms. The van der Waals surface area contributed by atoms with Crippen LogP contribution in [0.4, 0.5) is 0 Å². The van der Waals surface area contributed by atoms with Gasteiger partial charge in [-0.2, -0.15) is 11.8 Å². The highest BCUT2D eigenvalue weighted by molar-refractivity contribution is 9.11. The number of thioether (sulfide) groups is 1. The number of nitrogens with one attached hydrogen (secondary N) is 1. The van der Waals surface area contributed by atoms with Gasteiger partial charge in [-0.05, 0) is 65.4 Å². The molecule has 0 radical (unpaired) electrons. The summed E-state index contributed by atoms with van der Waals surface area (Å²) in [6, 6.07) is 4.83.